The van der Waals surface area contributed by atoms with Crippen LogP contribution < -0.4 is 0 Å². The molecule has 0 spiro atoms. The molecule has 0 saturated carbocycles. The molecule has 2 heterocycles. The normalized spacial score (nSPS) is 11.0. The Kier molecular flexibility index (Phi) is 1.74. The van der Waals surface area contributed by atoms with Crippen LogP contribution >= 0.6 is 0 Å². The van der Waals surface area contributed by atoms with Gasteiger partial charge < -0.3 is 9.51 Å². The van der Waals surface area contributed by atoms with Crippen LogP contribution in [0.4, 0.5) is 0 Å². The molecule has 0 atom stereocenters. The highest BCUT2D eigenvalue weighted by Gasteiger charge is 2.09. The highest BCUT2D eigenvalue weighted by molar-refractivity contribution is 5.98. The predicted octanol–water partition coefficient (Wildman–Crippen LogP) is 2.79. The Labute approximate surface area is 91.6 Å². The van der Waals surface area contributed by atoms with E-state index in [9.17, 15) is 4.79 Å². The van der Waals surface area contributed by atoms with E-state index < -0.39 is 5.97 Å². The van der Waals surface area contributed by atoms with E-state index in [1.165, 1.54) is 0 Å². The van der Waals surface area contributed by atoms with Crippen LogP contribution in [0.3, 0.4) is 0 Å². The number of fused-ring (bicyclic) bond motifs is 3. The van der Waals surface area contributed by atoms with Gasteiger partial charge in [0.2, 0.25) is 0 Å². The maximum atomic E-state index is 11.0. The van der Waals surface area contributed by atoms with Gasteiger partial charge in [0.1, 0.15) is 5.69 Å². The Morgan fingerprint density at radius 1 is 1.06 bits per heavy atom. The minimum atomic E-state index is -0.907. The Bertz CT molecular complexity index is 697. The van der Waals surface area contributed by atoms with Crippen molar-refractivity contribution in [1.29, 1.82) is 0 Å². The van der Waals surface area contributed by atoms with Crippen molar-refractivity contribution in [2.75, 3.05) is 0 Å². The first-order chi connectivity index (χ1) is 7.77. The fourth-order valence-electron chi connectivity index (χ4n) is 2.03. The Balaban J connectivity index is 2.49. The number of pyridine rings is 1. The highest BCUT2D eigenvalue weighted by atomic mass is 16.4. The van der Waals surface area contributed by atoms with Gasteiger partial charge in [0.15, 0.2) is 0 Å². The van der Waals surface area contributed by atoms with Crippen molar-refractivity contribution in [1.82, 2.24) is 4.40 Å². The number of rotatable bonds is 1. The summed E-state index contributed by atoms with van der Waals surface area (Å²) in [6, 6.07) is 13.3. The Morgan fingerprint density at radius 3 is 2.69 bits per heavy atom. The molecule has 0 fully saturated rings. The summed E-state index contributed by atoms with van der Waals surface area (Å²) in [5, 5.41) is 11.2. The largest absolute Gasteiger partial charge is 0.477 e. The summed E-state index contributed by atoms with van der Waals surface area (Å²) < 4.78 is 1.70. The van der Waals surface area contributed by atoms with Crippen LogP contribution in [0.15, 0.2) is 48.7 Å². The molecule has 3 nitrogen and oxygen atoms in total. The number of carboxylic acids is 1. The summed E-state index contributed by atoms with van der Waals surface area (Å²) in [7, 11) is 0. The third-order valence-electron chi connectivity index (χ3n) is 2.78. The maximum Gasteiger partial charge on any atom is 0.352 e. The van der Waals surface area contributed by atoms with Gasteiger partial charge in [0.05, 0.1) is 5.52 Å². The van der Waals surface area contributed by atoms with Gasteiger partial charge in [-0.05, 0) is 23.6 Å². The van der Waals surface area contributed by atoms with Crippen LogP contribution in [-0.2, 0) is 0 Å². The van der Waals surface area contributed by atoms with Gasteiger partial charge in [0, 0.05) is 11.6 Å². The molecule has 3 rings (SSSR count). The first-order valence-electron chi connectivity index (χ1n) is 4.99. The highest BCUT2D eigenvalue weighted by Crippen LogP contribution is 2.21. The summed E-state index contributed by atoms with van der Waals surface area (Å²) in [5.74, 6) is -0.907. The molecule has 1 N–H and O–H groups in total. The van der Waals surface area contributed by atoms with Crippen LogP contribution in [0, 0.1) is 0 Å². The molecule has 0 aliphatic carbocycles. The summed E-state index contributed by atoms with van der Waals surface area (Å²) in [5.41, 5.74) is 1.22. The lowest BCUT2D eigenvalue weighted by Gasteiger charge is -2.02. The summed E-state index contributed by atoms with van der Waals surface area (Å²) >= 11 is 0. The number of carboxylic acid groups (broad SMARTS) is 1. The SMILES string of the molecule is O=C(O)c1ccc2c3ccccc3ccn12. The fraction of sp³-hybridized carbons (Fsp3) is 0. The Hall–Kier alpha value is -2.29. The van der Waals surface area contributed by atoms with E-state index >= 15 is 0 Å². The molecule has 3 heteroatoms. The predicted molar refractivity (Wildman–Crippen MR) is 61.9 cm³/mol. The second-order valence-corrected chi connectivity index (χ2v) is 3.68. The van der Waals surface area contributed by atoms with Crippen molar-refractivity contribution in [2.24, 2.45) is 0 Å². The number of benzene rings is 1. The monoisotopic (exact) mass is 211 g/mol. The molecule has 3 aromatic rings. The molecule has 1 aromatic carbocycles. The zero-order valence-corrected chi connectivity index (χ0v) is 8.42. The fourth-order valence-corrected chi connectivity index (χ4v) is 2.03. The molecule has 0 bridgehead atoms. The van der Waals surface area contributed by atoms with Crippen molar-refractivity contribution in [3.05, 3.63) is 54.4 Å². The molecular formula is C13H9NO2. The number of carbonyl (C=O) groups is 1. The van der Waals surface area contributed by atoms with Crippen LogP contribution in [0.2, 0.25) is 0 Å². The van der Waals surface area contributed by atoms with Crippen molar-refractivity contribution < 1.29 is 9.90 Å². The van der Waals surface area contributed by atoms with Crippen molar-refractivity contribution >= 4 is 22.3 Å². The molecule has 16 heavy (non-hydrogen) atoms. The summed E-state index contributed by atoms with van der Waals surface area (Å²) in [6.45, 7) is 0. The third-order valence-corrected chi connectivity index (χ3v) is 2.78. The lowest BCUT2D eigenvalue weighted by molar-refractivity contribution is 0.0689. The molecule has 0 saturated heterocycles. The minimum Gasteiger partial charge on any atom is -0.477 e. The second kappa shape index (κ2) is 3.10. The first-order valence-corrected chi connectivity index (χ1v) is 4.99. The van der Waals surface area contributed by atoms with Crippen LogP contribution in [0.5, 0.6) is 0 Å². The number of aromatic nitrogens is 1. The number of hydrogen-bond acceptors (Lipinski definition) is 1. The van der Waals surface area contributed by atoms with E-state index in [2.05, 4.69) is 0 Å². The van der Waals surface area contributed by atoms with Gasteiger partial charge in [-0.2, -0.15) is 0 Å². The van der Waals surface area contributed by atoms with Gasteiger partial charge in [-0.3, -0.25) is 0 Å². The zero-order chi connectivity index (χ0) is 11.1. The van der Waals surface area contributed by atoms with E-state index in [0.29, 0.717) is 5.69 Å². The number of hydrogen-bond donors (Lipinski definition) is 1. The van der Waals surface area contributed by atoms with Gasteiger partial charge in [-0.15, -0.1) is 0 Å². The molecule has 0 aliphatic rings. The van der Waals surface area contributed by atoms with Gasteiger partial charge in [-0.1, -0.05) is 24.3 Å². The summed E-state index contributed by atoms with van der Waals surface area (Å²) in [4.78, 5) is 11.0. The van der Waals surface area contributed by atoms with Gasteiger partial charge in [0.25, 0.3) is 0 Å². The Morgan fingerprint density at radius 2 is 1.88 bits per heavy atom. The van der Waals surface area contributed by atoms with E-state index in [4.69, 9.17) is 5.11 Å². The topological polar surface area (TPSA) is 41.7 Å². The van der Waals surface area contributed by atoms with E-state index in [-0.39, 0.29) is 0 Å². The summed E-state index contributed by atoms with van der Waals surface area (Å²) in [6.07, 6.45) is 1.79. The lowest BCUT2D eigenvalue weighted by Crippen LogP contribution is -2.00. The van der Waals surface area contributed by atoms with Crippen molar-refractivity contribution in [3.8, 4) is 0 Å². The molecular weight excluding hydrogens is 202 g/mol. The maximum absolute atomic E-state index is 11.0. The molecule has 0 amide bonds. The molecule has 0 unspecified atom stereocenters. The van der Waals surface area contributed by atoms with Crippen LogP contribution in [0.1, 0.15) is 10.5 Å². The molecule has 0 aliphatic heterocycles. The zero-order valence-electron chi connectivity index (χ0n) is 8.42. The standard InChI is InChI=1S/C13H9NO2/c15-13(16)12-6-5-11-10-4-2-1-3-9(10)7-8-14(11)12/h1-8H,(H,15,16). The van der Waals surface area contributed by atoms with Crippen molar-refractivity contribution in [3.63, 3.8) is 0 Å². The van der Waals surface area contributed by atoms with Gasteiger partial charge in [-0.25, -0.2) is 4.79 Å². The molecule has 0 radical (unpaired) electrons. The van der Waals surface area contributed by atoms with E-state index in [0.717, 1.165) is 16.3 Å². The quantitative estimate of drug-likeness (QED) is 0.672. The smallest absolute Gasteiger partial charge is 0.352 e. The average Bonchev–Trinajstić information content (AvgIpc) is 2.73. The number of nitrogens with zero attached hydrogens (tertiary/aromatic N) is 1. The second-order valence-electron chi connectivity index (χ2n) is 3.68. The molecule has 78 valence electrons. The minimum absolute atomic E-state index is 0.292. The molecule has 2 aromatic heterocycles. The van der Waals surface area contributed by atoms with Crippen LogP contribution in [0.25, 0.3) is 16.3 Å². The first kappa shape index (κ1) is 8.97. The van der Waals surface area contributed by atoms with E-state index in [1.807, 2.05) is 36.4 Å². The van der Waals surface area contributed by atoms with Crippen LogP contribution in [-0.4, -0.2) is 15.5 Å². The van der Waals surface area contributed by atoms with E-state index in [1.54, 1.807) is 16.7 Å². The number of aromatic carboxylic acids is 1. The third kappa shape index (κ3) is 1.11. The van der Waals surface area contributed by atoms with Gasteiger partial charge >= 0.3 is 5.97 Å². The average molecular weight is 211 g/mol. The van der Waals surface area contributed by atoms with Crippen molar-refractivity contribution in [2.45, 2.75) is 0 Å². The lowest BCUT2D eigenvalue weighted by atomic mass is 10.1.